The molecule has 1 amide bonds. The van der Waals surface area contributed by atoms with Crippen LogP contribution in [0.15, 0.2) is 48.5 Å². The number of nitrogens with zero attached hydrogens (tertiary/aromatic N) is 2. The summed E-state index contributed by atoms with van der Waals surface area (Å²) < 4.78 is 0. The maximum Gasteiger partial charge on any atom is 0.223 e. The molecule has 0 bridgehead atoms. The Morgan fingerprint density at radius 3 is 2.88 bits per heavy atom. The monoisotopic (exact) mass is 351 g/mol. The Kier molecular flexibility index (Phi) is 4.06. The van der Waals surface area contributed by atoms with Crippen LogP contribution in [0.5, 0.6) is 0 Å². The zero-order valence-corrected chi connectivity index (χ0v) is 14.7. The summed E-state index contributed by atoms with van der Waals surface area (Å²) in [5.74, 6) is 1.21. The summed E-state index contributed by atoms with van der Waals surface area (Å²) in [6.07, 6.45) is 0.877. The van der Waals surface area contributed by atoms with Gasteiger partial charge in [0.15, 0.2) is 0 Å². The van der Waals surface area contributed by atoms with Crippen LogP contribution in [0, 0.1) is 0 Å². The summed E-state index contributed by atoms with van der Waals surface area (Å²) >= 11 is 6.13. The van der Waals surface area contributed by atoms with Crippen molar-refractivity contribution in [1.29, 1.82) is 0 Å². The van der Waals surface area contributed by atoms with E-state index in [0.29, 0.717) is 5.88 Å². The van der Waals surface area contributed by atoms with E-state index in [1.807, 2.05) is 47.4 Å². The van der Waals surface area contributed by atoms with E-state index in [4.69, 9.17) is 16.6 Å². The normalized spacial score (nSPS) is 13.1. The summed E-state index contributed by atoms with van der Waals surface area (Å²) in [5, 5.41) is 4.45. The van der Waals surface area contributed by atoms with Gasteiger partial charge in [0.1, 0.15) is 5.82 Å². The second-order valence-electron chi connectivity index (χ2n) is 6.18. The fourth-order valence-electron chi connectivity index (χ4n) is 3.43. The number of nitrogens with one attached hydrogen (secondary N) is 1. The number of fused-ring (bicyclic) bond motifs is 2. The molecule has 0 atom stereocenters. The lowest BCUT2D eigenvalue weighted by Crippen LogP contribution is -2.26. The third-order valence-corrected chi connectivity index (χ3v) is 4.87. The lowest BCUT2D eigenvalue weighted by Gasteiger charge is -2.19. The Balaban J connectivity index is 1.78. The number of para-hydroxylation sites is 2. The van der Waals surface area contributed by atoms with E-state index in [9.17, 15) is 4.79 Å². The molecule has 3 aromatic rings. The molecular weight excluding hydrogens is 334 g/mol. The topological polar surface area (TPSA) is 45.2 Å². The van der Waals surface area contributed by atoms with E-state index in [1.165, 1.54) is 5.56 Å². The molecule has 126 valence electrons. The Morgan fingerprint density at radius 2 is 2.08 bits per heavy atom. The molecule has 1 N–H and O–H groups in total. The van der Waals surface area contributed by atoms with Gasteiger partial charge in [-0.05, 0) is 35.7 Å². The van der Waals surface area contributed by atoms with Crippen LogP contribution in [0.3, 0.4) is 0 Å². The molecule has 0 spiro atoms. The molecule has 1 aliphatic rings. The minimum atomic E-state index is 0.0564. The highest BCUT2D eigenvalue weighted by atomic mass is 35.5. The largest absolute Gasteiger partial charge is 0.338 e. The van der Waals surface area contributed by atoms with Crippen LogP contribution in [0.25, 0.3) is 10.9 Å². The van der Waals surface area contributed by atoms with E-state index in [0.717, 1.165) is 46.6 Å². The van der Waals surface area contributed by atoms with Gasteiger partial charge in [-0.1, -0.05) is 30.3 Å². The van der Waals surface area contributed by atoms with Gasteiger partial charge in [-0.15, -0.1) is 11.6 Å². The lowest BCUT2D eigenvalue weighted by molar-refractivity contribution is -0.116. The van der Waals surface area contributed by atoms with Crippen LogP contribution >= 0.6 is 11.6 Å². The third-order valence-electron chi connectivity index (χ3n) is 4.58. The number of alkyl halides is 1. The third kappa shape index (κ3) is 2.83. The van der Waals surface area contributed by atoms with Gasteiger partial charge < -0.3 is 10.2 Å². The first kappa shape index (κ1) is 15.9. The number of hydrogen-bond donors (Lipinski definition) is 1. The van der Waals surface area contributed by atoms with Crippen LogP contribution in [0.2, 0.25) is 0 Å². The van der Waals surface area contributed by atoms with Crippen LogP contribution in [0.4, 0.5) is 17.2 Å². The zero-order chi connectivity index (χ0) is 17.4. The quantitative estimate of drug-likeness (QED) is 0.700. The van der Waals surface area contributed by atoms with Crippen molar-refractivity contribution in [1.82, 2.24) is 4.98 Å². The molecule has 0 fully saturated rings. The number of anilines is 3. The highest BCUT2D eigenvalue weighted by Crippen LogP contribution is 2.37. The molecule has 0 aliphatic carbocycles. The van der Waals surface area contributed by atoms with Crippen molar-refractivity contribution in [3.8, 4) is 0 Å². The summed E-state index contributed by atoms with van der Waals surface area (Å²) in [6.45, 7) is 2.33. The fourth-order valence-corrected chi connectivity index (χ4v) is 3.65. The van der Waals surface area contributed by atoms with Crippen LogP contribution in [0.1, 0.15) is 18.1 Å². The Morgan fingerprint density at radius 1 is 1.24 bits per heavy atom. The minimum Gasteiger partial charge on any atom is -0.338 e. The van der Waals surface area contributed by atoms with Crippen molar-refractivity contribution in [3.63, 3.8) is 0 Å². The second-order valence-corrected chi connectivity index (χ2v) is 6.44. The number of hydrogen-bond acceptors (Lipinski definition) is 3. The minimum absolute atomic E-state index is 0.0564. The van der Waals surface area contributed by atoms with E-state index in [1.54, 1.807) is 6.92 Å². The molecule has 2 aromatic carbocycles. The van der Waals surface area contributed by atoms with Gasteiger partial charge in [-0.2, -0.15) is 0 Å². The SMILES string of the molecule is CC(=O)N1CCc2cccc(Nc3cc(CCl)c4ccccc4n3)c21. The molecule has 2 heterocycles. The Hall–Kier alpha value is -2.59. The number of pyridine rings is 1. The summed E-state index contributed by atoms with van der Waals surface area (Å²) in [4.78, 5) is 18.5. The molecule has 0 unspecified atom stereocenters. The first-order valence-electron chi connectivity index (χ1n) is 8.29. The van der Waals surface area contributed by atoms with Gasteiger partial charge in [0, 0.05) is 24.7 Å². The molecule has 1 aromatic heterocycles. The predicted octanol–water partition coefficient (Wildman–Crippen LogP) is 4.63. The van der Waals surface area contributed by atoms with Crippen molar-refractivity contribution in [2.45, 2.75) is 19.2 Å². The Labute approximate surface area is 151 Å². The maximum absolute atomic E-state index is 12.0. The van der Waals surface area contributed by atoms with E-state index in [2.05, 4.69) is 11.4 Å². The van der Waals surface area contributed by atoms with Crippen molar-refractivity contribution in [2.24, 2.45) is 0 Å². The van der Waals surface area contributed by atoms with Crippen molar-refractivity contribution in [2.75, 3.05) is 16.8 Å². The Bertz CT molecular complexity index is 970. The second kappa shape index (κ2) is 6.37. The number of benzene rings is 2. The summed E-state index contributed by atoms with van der Waals surface area (Å²) in [5.41, 5.74) is 4.97. The number of amides is 1. The number of halogens is 1. The average molecular weight is 352 g/mol. The number of aromatic nitrogens is 1. The molecule has 0 saturated carbocycles. The van der Waals surface area contributed by atoms with Gasteiger partial charge in [-0.3, -0.25) is 4.79 Å². The molecule has 25 heavy (non-hydrogen) atoms. The van der Waals surface area contributed by atoms with Gasteiger partial charge in [0.05, 0.1) is 16.9 Å². The van der Waals surface area contributed by atoms with Crippen molar-refractivity contribution in [3.05, 3.63) is 59.7 Å². The maximum atomic E-state index is 12.0. The summed E-state index contributed by atoms with van der Waals surface area (Å²) in [6, 6.07) is 16.0. The smallest absolute Gasteiger partial charge is 0.223 e. The molecule has 4 rings (SSSR count). The number of carbonyl (C=O) groups is 1. The molecule has 0 saturated heterocycles. The van der Waals surface area contributed by atoms with E-state index < -0.39 is 0 Å². The van der Waals surface area contributed by atoms with Crippen molar-refractivity contribution >= 4 is 45.6 Å². The number of carbonyl (C=O) groups excluding carboxylic acids is 1. The highest BCUT2D eigenvalue weighted by Gasteiger charge is 2.25. The standard InChI is InChI=1S/C20H18ClN3O/c1-13(25)24-10-9-14-5-4-8-18(20(14)24)23-19-11-15(12-21)16-6-2-3-7-17(16)22-19/h2-8,11H,9-10,12H2,1H3,(H,22,23). The predicted molar refractivity (Wildman–Crippen MR) is 103 cm³/mol. The lowest BCUT2D eigenvalue weighted by atomic mass is 10.1. The van der Waals surface area contributed by atoms with Gasteiger partial charge in [0.25, 0.3) is 0 Å². The van der Waals surface area contributed by atoms with Crippen LogP contribution < -0.4 is 10.2 Å². The highest BCUT2D eigenvalue weighted by molar-refractivity contribution is 6.18. The van der Waals surface area contributed by atoms with Gasteiger partial charge >= 0.3 is 0 Å². The van der Waals surface area contributed by atoms with Gasteiger partial charge in [-0.25, -0.2) is 4.98 Å². The zero-order valence-electron chi connectivity index (χ0n) is 13.9. The van der Waals surface area contributed by atoms with Crippen LogP contribution in [-0.2, 0) is 17.1 Å². The number of rotatable bonds is 3. The summed E-state index contributed by atoms with van der Waals surface area (Å²) in [7, 11) is 0. The molecular formula is C20H18ClN3O. The molecule has 4 nitrogen and oxygen atoms in total. The van der Waals surface area contributed by atoms with E-state index >= 15 is 0 Å². The van der Waals surface area contributed by atoms with Crippen LogP contribution in [-0.4, -0.2) is 17.4 Å². The average Bonchev–Trinajstić information content (AvgIpc) is 3.06. The van der Waals surface area contributed by atoms with E-state index in [-0.39, 0.29) is 5.91 Å². The first-order valence-corrected chi connectivity index (χ1v) is 8.82. The van der Waals surface area contributed by atoms with Gasteiger partial charge in [0.2, 0.25) is 5.91 Å². The molecule has 5 heteroatoms. The fraction of sp³-hybridized carbons (Fsp3) is 0.200. The first-order chi connectivity index (χ1) is 12.2. The van der Waals surface area contributed by atoms with Crippen molar-refractivity contribution < 1.29 is 4.79 Å². The molecule has 0 radical (unpaired) electrons. The molecule has 1 aliphatic heterocycles.